The SMILES string of the molecule is COC(=O)c1ccc(N(CCO)CC(F)F)nc1C. The number of nitrogens with zero attached hydrogens (tertiary/aromatic N) is 2. The molecule has 1 heterocycles. The zero-order valence-electron chi connectivity index (χ0n) is 10.8. The lowest BCUT2D eigenvalue weighted by molar-refractivity contribution is 0.0599. The molecule has 0 spiro atoms. The zero-order valence-corrected chi connectivity index (χ0v) is 10.8. The minimum absolute atomic E-state index is 0.0500. The molecule has 0 radical (unpaired) electrons. The number of hydrogen-bond acceptors (Lipinski definition) is 5. The van der Waals surface area contributed by atoms with Gasteiger partial charge in [-0.15, -0.1) is 0 Å². The third-order valence-electron chi connectivity index (χ3n) is 2.53. The number of alkyl halides is 2. The lowest BCUT2D eigenvalue weighted by Gasteiger charge is -2.22. The summed E-state index contributed by atoms with van der Waals surface area (Å²) in [5.74, 6) is -0.237. The van der Waals surface area contributed by atoms with Crippen LogP contribution in [-0.4, -0.2) is 49.3 Å². The van der Waals surface area contributed by atoms with Crippen LogP contribution in [0.25, 0.3) is 0 Å². The maximum atomic E-state index is 12.4. The van der Waals surface area contributed by atoms with Crippen molar-refractivity contribution in [3.8, 4) is 0 Å². The van der Waals surface area contributed by atoms with Crippen molar-refractivity contribution in [2.45, 2.75) is 13.3 Å². The van der Waals surface area contributed by atoms with E-state index in [2.05, 4.69) is 9.72 Å². The maximum absolute atomic E-state index is 12.4. The molecule has 1 rings (SSSR count). The molecule has 0 aliphatic carbocycles. The maximum Gasteiger partial charge on any atom is 0.339 e. The second-order valence-electron chi connectivity index (χ2n) is 3.85. The van der Waals surface area contributed by atoms with E-state index in [0.717, 1.165) is 0 Å². The highest BCUT2D eigenvalue weighted by Gasteiger charge is 2.16. The van der Waals surface area contributed by atoms with Gasteiger partial charge < -0.3 is 14.7 Å². The largest absolute Gasteiger partial charge is 0.465 e. The summed E-state index contributed by atoms with van der Waals surface area (Å²) < 4.78 is 29.4. The van der Waals surface area contributed by atoms with E-state index in [4.69, 9.17) is 5.11 Å². The van der Waals surface area contributed by atoms with Crippen molar-refractivity contribution in [3.63, 3.8) is 0 Å². The number of carbonyl (C=O) groups excluding carboxylic acids is 1. The van der Waals surface area contributed by atoms with Gasteiger partial charge in [0.2, 0.25) is 0 Å². The van der Waals surface area contributed by atoms with E-state index in [1.807, 2.05) is 0 Å². The minimum atomic E-state index is -2.53. The molecule has 0 atom stereocenters. The van der Waals surface area contributed by atoms with E-state index >= 15 is 0 Å². The van der Waals surface area contributed by atoms with Crippen molar-refractivity contribution in [1.29, 1.82) is 0 Å². The summed E-state index contributed by atoms with van der Waals surface area (Å²) in [5, 5.41) is 8.87. The molecule has 0 aliphatic heterocycles. The predicted octanol–water partition coefficient (Wildman–Crippen LogP) is 1.24. The van der Waals surface area contributed by atoms with Crippen LogP contribution in [0.3, 0.4) is 0 Å². The second kappa shape index (κ2) is 6.98. The van der Waals surface area contributed by atoms with E-state index in [0.29, 0.717) is 11.5 Å². The van der Waals surface area contributed by atoms with Crippen LogP contribution >= 0.6 is 0 Å². The molecule has 0 amide bonds. The normalized spacial score (nSPS) is 10.6. The van der Waals surface area contributed by atoms with E-state index in [-0.39, 0.29) is 18.7 Å². The van der Waals surface area contributed by atoms with Crippen molar-refractivity contribution in [2.75, 3.05) is 31.7 Å². The molecule has 1 aromatic rings. The van der Waals surface area contributed by atoms with Gasteiger partial charge in [0.15, 0.2) is 0 Å². The average Bonchev–Trinajstić information content (AvgIpc) is 2.36. The molecule has 1 N–H and O–H groups in total. The van der Waals surface area contributed by atoms with Crippen LogP contribution in [0.5, 0.6) is 0 Å². The number of aliphatic hydroxyl groups excluding tert-OH is 1. The number of aryl methyl sites for hydroxylation is 1. The molecule has 19 heavy (non-hydrogen) atoms. The number of aliphatic hydroxyl groups is 1. The standard InChI is InChI=1S/C12H16F2N2O3/c1-8-9(12(18)19-2)3-4-11(15-8)16(5-6-17)7-10(13)14/h3-4,10,17H,5-7H2,1-2H3. The van der Waals surface area contributed by atoms with E-state index in [9.17, 15) is 13.6 Å². The summed E-state index contributed by atoms with van der Waals surface area (Å²) in [6.07, 6.45) is -2.53. The molecule has 0 fully saturated rings. The first-order valence-corrected chi connectivity index (χ1v) is 5.69. The van der Waals surface area contributed by atoms with Crippen LogP contribution in [0.1, 0.15) is 16.1 Å². The van der Waals surface area contributed by atoms with E-state index in [1.54, 1.807) is 6.92 Å². The summed E-state index contributed by atoms with van der Waals surface area (Å²) in [7, 11) is 1.25. The summed E-state index contributed by atoms with van der Waals surface area (Å²) in [6.45, 7) is 0.861. The first-order chi connectivity index (χ1) is 8.99. The van der Waals surface area contributed by atoms with Crippen LogP contribution in [0, 0.1) is 6.92 Å². The molecule has 0 aromatic carbocycles. The topological polar surface area (TPSA) is 62.7 Å². The number of rotatable bonds is 6. The first kappa shape index (κ1) is 15.3. The molecular formula is C12H16F2N2O3. The van der Waals surface area contributed by atoms with Gasteiger partial charge in [-0.05, 0) is 19.1 Å². The molecule has 7 heteroatoms. The Labute approximate surface area is 109 Å². The number of halogens is 2. The summed E-state index contributed by atoms with van der Waals surface area (Å²) in [4.78, 5) is 16.7. The smallest absolute Gasteiger partial charge is 0.339 e. The Hall–Kier alpha value is -1.76. The Morgan fingerprint density at radius 2 is 2.21 bits per heavy atom. The van der Waals surface area contributed by atoms with Gasteiger partial charge in [0.05, 0.1) is 31.5 Å². The van der Waals surface area contributed by atoms with Crippen molar-refractivity contribution < 1.29 is 23.4 Å². The zero-order chi connectivity index (χ0) is 14.4. The van der Waals surface area contributed by atoms with Gasteiger partial charge in [0, 0.05) is 6.54 Å². The van der Waals surface area contributed by atoms with Crippen molar-refractivity contribution in [2.24, 2.45) is 0 Å². The van der Waals surface area contributed by atoms with E-state index < -0.39 is 18.9 Å². The number of anilines is 1. The quantitative estimate of drug-likeness (QED) is 0.791. The monoisotopic (exact) mass is 274 g/mol. The number of aromatic nitrogens is 1. The van der Waals surface area contributed by atoms with Crippen molar-refractivity contribution in [3.05, 3.63) is 23.4 Å². The highest BCUT2D eigenvalue weighted by atomic mass is 19.3. The third-order valence-corrected chi connectivity index (χ3v) is 2.53. The number of hydrogen-bond donors (Lipinski definition) is 1. The van der Waals surface area contributed by atoms with Gasteiger partial charge in [-0.1, -0.05) is 0 Å². The Morgan fingerprint density at radius 3 is 2.68 bits per heavy atom. The fourth-order valence-electron chi connectivity index (χ4n) is 1.64. The molecule has 0 unspecified atom stereocenters. The van der Waals surface area contributed by atoms with Crippen LogP contribution in [0.4, 0.5) is 14.6 Å². The highest BCUT2D eigenvalue weighted by Crippen LogP contribution is 2.16. The summed E-state index contributed by atoms with van der Waals surface area (Å²) >= 11 is 0. The Morgan fingerprint density at radius 1 is 1.53 bits per heavy atom. The third kappa shape index (κ3) is 4.13. The molecule has 0 saturated heterocycles. The number of pyridine rings is 1. The van der Waals surface area contributed by atoms with Crippen LogP contribution < -0.4 is 4.90 Å². The average molecular weight is 274 g/mol. The minimum Gasteiger partial charge on any atom is -0.465 e. The second-order valence-corrected chi connectivity index (χ2v) is 3.85. The Bertz CT molecular complexity index is 441. The molecule has 106 valence electrons. The lowest BCUT2D eigenvalue weighted by atomic mass is 10.2. The van der Waals surface area contributed by atoms with Gasteiger partial charge in [-0.2, -0.15) is 0 Å². The molecule has 5 nitrogen and oxygen atoms in total. The van der Waals surface area contributed by atoms with Gasteiger partial charge in [0.1, 0.15) is 5.82 Å². The predicted molar refractivity (Wildman–Crippen MR) is 65.6 cm³/mol. The molecular weight excluding hydrogens is 258 g/mol. The fraction of sp³-hybridized carbons (Fsp3) is 0.500. The molecule has 1 aromatic heterocycles. The Kier molecular flexibility index (Phi) is 5.62. The number of carbonyl (C=O) groups is 1. The van der Waals surface area contributed by atoms with Gasteiger partial charge in [-0.25, -0.2) is 18.6 Å². The van der Waals surface area contributed by atoms with Crippen LogP contribution in [0.2, 0.25) is 0 Å². The highest BCUT2D eigenvalue weighted by molar-refractivity contribution is 5.90. The van der Waals surface area contributed by atoms with Crippen molar-refractivity contribution in [1.82, 2.24) is 4.98 Å². The van der Waals surface area contributed by atoms with Gasteiger partial charge in [0.25, 0.3) is 6.43 Å². The number of methoxy groups -OCH3 is 1. The summed E-state index contributed by atoms with van der Waals surface area (Å²) in [6, 6.07) is 2.93. The van der Waals surface area contributed by atoms with Gasteiger partial charge >= 0.3 is 5.97 Å². The Balaban J connectivity index is 2.99. The molecule has 0 bridgehead atoms. The van der Waals surface area contributed by atoms with Crippen LogP contribution in [0.15, 0.2) is 12.1 Å². The first-order valence-electron chi connectivity index (χ1n) is 5.69. The number of ether oxygens (including phenoxy) is 1. The van der Waals surface area contributed by atoms with E-state index in [1.165, 1.54) is 24.1 Å². The van der Waals surface area contributed by atoms with Crippen molar-refractivity contribution >= 4 is 11.8 Å². The molecule has 0 saturated carbocycles. The summed E-state index contributed by atoms with van der Waals surface area (Å²) in [5.41, 5.74) is 0.675. The lowest BCUT2D eigenvalue weighted by Crippen LogP contribution is -2.32. The number of esters is 1. The van der Waals surface area contributed by atoms with Gasteiger partial charge in [-0.3, -0.25) is 0 Å². The molecule has 0 aliphatic rings. The van der Waals surface area contributed by atoms with Crippen LogP contribution in [-0.2, 0) is 4.74 Å². The fourth-order valence-corrected chi connectivity index (χ4v) is 1.64.